The number of anilines is 1. The number of benzene rings is 1. The number of unbranched alkanes of at least 4 members (excludes halogenated alkanes) is 8. The highest BCUT2D eigenvalue weighted by Gasteiger charge is 2.22. The van der Waals surface area contributed by atoms with Crippen molar-refractivity contribution in [1.29, 1.82) is 0 Å². The lowest BCUT2D eigenvalue weighted by molar-refractivity contribution is -0.115. The van der Waals surface area contributed by atoms with Gasteiger partial charge in [0.05, 0.1) is 26.6 Å². The fourth-order valence-corrected chi connectivity index (χ4v) is 4.82. The minimum atomic E-state index is -0.0838. The number of ether oxygens (including phenoxy) is 3. The number of hydrogen-bond donors (Lipinski definition) is 1. The first-order valence-electron chi connectivity index (χ1n) is 13.0. The molecule has 0 aromatic heterocycles. The molecule has 1 amide bonds. The lowest BCUT2D eigenvalue weighted by Gasteiger charge is -2.20. The van der Waals surface area contributed by atoms with Crippen LogP contribution in [0.1, 0.15) is 90.9 Å². The third-order valence-corrected chi connectivity index (χ3v) is 7.25. The maximum Gasteiger partial charge on any atom is 0.237 e. The molecular weight excluding hydrogens is 446 g/mol. The van der Waals surface area contributed by atoms with Crippen molar-refractivity contribution in [3.63, 3.8) is 0 Å². The Kier molecular flexibility index (Phi) is 17.3. The molecule has 0 heterocycles. The smallest absolute Gasteiger partial charge is 0.237 e. The highest BCUT2D eigenvalue weighted by atomic mass is 32.2. The van der Waals surface area contributed by atoms with Crippen LogP contribution in [0.25, 0.3) is 0 Å². The maximum atomic E-state index is 13.2. The Bertz CT molecular complexity index is 683. The van der Waals surface area contributed by atoms with E-state index < -0.39 is 0 Å². The zero-order valence-corrected chi connectivity index (χ0v) is 22.9. The molecule has 0 saturated carbocycles. The van der Waals surface area contributed by atoms with E-state index in [1.807, 2.05) is 0 Å². The maximum absolute atomic E-state index is 13.2. The van der Waals surface area contributed by atoms with E-state index in [9.17, 15) is 4.79 Å². The van der Waals surface area contributed by atoms with Gasteiger partial charge in [-0.25, -0.2) is 0 Å². The van der Waals surface area contributed by atoms with Gasteiger partial charge in [-0.2, -0.15) is 0 Å². The monoisotopic (exact) mass is 493 g/mol. The second-order valence-corrected chi connectivity index (χ2v) is 9.88. The molecule has 0 radical (unpaired) electrons. The summed E-state index contributed by atoms with van der Waals surface area (Å²) in [6.07, 6.45) is 19.0. The molecule has 1 N–H and O–H groups in total. The number of methoxy groups -OCH3 is 3. The van der Waals surface area contributed by atoms with Crippen molar-refractivity contribution in [2.45, 2.75) is 96.1 Å². The highest BCUT2D eigenvalue weighted by Crippen LogP contribution is 2.39. The first kappa shape index (κ1) is 30.2. The largest absolute Gasteiger partial charge is 0.496 e. The van der Waals surface area contributed by atoms with Crippen molar-refractivity contribution in [2.24, 2.45) is 0 Å². The first-order valence-corrected chi connectivity index (χ1v) is 14.0. The van der Waals surface area contributed by atoms with Gasteiger partial charge in [-0.15, -0.1) is 11.8 Å². The van der Waals surface area contributed by atoms with Crippen LogP contribution in [0.5, 0.6) is 17.2 Å². The zero-order valence-electron chi connectivity index (χ0n) is 22.1. The number of amides is 1. The second-order valence-electron chi connectivity index (χ2n) is 8.57. The van der Waals surface area contributed by atoms with E-state index in [2.05, 4.69) is 31.3 Å². The number of nitrogens with one attached hydrogen (secondary N) is 1. The molecule has 0 bridgehead atoms. The van der Waals surface area contributed by atoms with Crippen LogP contribution in [-0.2, 0) is 4.79 Å². The van der Waals surface area contributed by atoms with Gasteiger partial charge in [0.1, 0.15) is 22.9 Å². The van der Waals surface area contributed by atoms with Crippen molar-refractivity contribution in [2.75, 3.05) is 32.4 Å². The molecule has 5 nitrogen and oxygen atoms in total. The molecule has 194 valence electrons. The van der Waals surface area contributed by atoms with Crippen LogP contribution in [0.4, 0.5) is 5.69 Å². The van der Waals surface area contributed by atoms with Gasteiger partial charge in [0.15, 0.2) is 0 Å². The van der Waals surface area contributed by atoms with Crippen LogP contribution >= 0.6 is 11.8 Å². The zero-order chi connectivity index (χ0) is 25.0. The van der Waals surface area contributed by atoms with Crippen molar-refractivity contribution in [3.05, 3.63) is 24.3 Å². The molecule has 0 aliphatic heterocycles. The highest BCUT2D eigenvalue weighted by molar-refractivity contribution is 8.00. The Morgan fingerprint density at radius 3 is 1.97 bits per heavy atom. The van der Waals surface area contributed by atoms with Gasteiger partial charge in [-0.1, -0.05) is 64.5 Å². The van der Waals surface area contributed by atoms with Crippen LogP contribution in [-0.4, -0.2) is 38.2 Å². The summed E-state index contributed by atoms with van der Waals surface area (Å²) in [6.45, 7) is 4.40. The van der Waals surface area contributed by atoms with Gasteiger partial charge in [-0.05, 0) is 44.3 Å². The van der Waals surface area contributed by atoms with Gasteiger partial charge in [0.25, 0.3) is 0 Å². The Morgan fingerprint density at radius 1 is 0.853 bits per heavy atom. The summed E-state index contributed by atoms with van der Waals surface area (Å²) >= 11 is 1.74. The summed E-state index contributed by atoms with van der Waals surface area (Å²) in [7, 11) is 4.75. The minimum Gasteiger partial charge on any atom is -0.496 e. The molecule has 6 heteroatoms. The second kappa shape index (κ2) is 19.5. The fourth-order valence-electron chi connectivity index (χ4n) is 3.75. The number of hydrogen-bond acceptors (Lipinski definition) is 5. The Balaban J connectivity index is 2.51. The standard InChI is InChI=1S/C28H47NO4S/c1-6-8-9-10-11-12-13-14-15-16-17-18-19-26(34-20-7-2)28(30)29-27-24(32-4)21-23(31-3)22-25(27)33-5/h12-13,21-22,26H,6-11,14-20H2,1-5H3,(H,29,30)/b13-12+. The van der Waals surface area contributed by atoms with Gasteiger partial charge in [-0.3, -0.25) is 4.79 Å². The Morgan fingerprint density at radius 2 is 1.44 bits per heavy atom. The lowest BCUT2D eigenvalue weighted by Crippen LogP contribution is -2.26. The predicted octanol–water partition coefficient (Wildman–Crippen LogP) is 8.03. The molecule has 1 atom stereocenters. The molecule has 1 aromatic carbocycles. The minimum absolute atomic E-state index is 0.00576. The summed E-state index contributed by atoms with van der Waals surface area (Å²) in [5, 5.41) is 2.98. The molecule has 1 unspecified atom stereocenters. The first-order chi connectivity index (χ1) is 16.6. The van der Waals surface area contributed by atoms with Crippen LogP contribution in [0.2, 0.25) is 0 Å². The molecule has 1 rings (SSSR count). The van der Waals surface area contributed by atoms with Crippen LogP contribution in [0, 0.1) is 0 Å². The molecule has 0 spiro atoms. The molecule has 0 fully saturated rings. The van der Waals surface area contributed by atoms with E-state index in [-0.39, 0.29) is 11.2 Å². The van der Waals surface area contributed by atoms with Crippen molar-refractivity contribution >= 4 is 23.4 Å². The summed E-state index contributed by atoms with van der Waals surface area (Å²) in [5.74, 6) is 2.66. The van der Waals surface area contributed by atoms with Gasteiger partial charge in [0.2, 0.25) is 5.91 Å². The summed E-state index contributed by atoms with van der Waals surface area (Å²) in [6, 6.07) is 3.51. The van der Waals surface area contributed by atoms with Crippen LogP contribution in [0.3, 0.4) is 0 Å². The molecular formula is C28H47NO4S. The molecule has 1 aromatic rings. The summed E-state index contributed by atoms with van der Waals surface area (Å²) in [5.41, 5.74) is 0.555. The van der Waals surface area contributed by atoms with Crippen molar-refractivity contribution in [3.8, 4) is 17.2 Å². The van der Waals surface area contributed by atoms with E-state index in [0.717, 1.165) is 31.4 Å². The van der Waals surface area contributed by atoms with Gasteiger partial charge >= 0.3 is 0 Å². The molecule has 34 heavy (non-hydrogen) atoms. The van der Waals surface area contributed by atoms with E-state index in [0.29, 0.717) is 22.9 Å². The molecule has 0 aliphatic carbocycles. The fraction of sp³-hybridized carbons (Fsp3) is 0.679. The third kappa shape index (κ3) is 12.0. The third-order valence-electron chi connectivity index (χ3n) is 5.76. The van der Waals surface area contributed by atoms with E-state index in [4.69, 9.17) is 14.2 Å². The van der Waals surface area contributed by atoms with Gasteiger partial charge in [0, 0.05) is 12.1 Å². The normalized spacial score (nSPS) is 12.0. The average Bonchev–Trinajstić information content (AvgIpc) is 2.86. The lowest BCUT2D eigenvalue weighted by atomic mass is 10.1. The quantitative estimate of drug-likeness (QED) is 0.147. The number of thioether (sulfide) groups is 1. The Labute approximate surface area is 212 Å². The van der Waals surface area contributed by atoms with E-state index >= 15 is 0 Å². The van der Waals surface area contributed by atoms with E-state index in [1.54, 1.807) is 45.2 Å². The number of carbonyl (C=O) groups is 1. The molecule has 0 aliphatic rings. The topological polar surface area (TPSA) is 56.8 Å². The molecule has 0 saturated heterocycles. The van der Waals surface area contributed by atoms with Gasteiger partial charge < -0.3 is 19.5 Å². The summed E-state index contributed by atoms with van der Waals surface area (Å²) < 4.78 is 16.3. The van der Waals surface area contributed by atoms with Crippen molar-refractivity contribution in [1.82, 2.24) is 0 Å². The number of allylic oxidation sites excluding steroid dienone is 2. The summed E-state index contributed by atoms with van der Waals surface area (Å²) in [4.78, 5) is 13.2. The SMILES string of the molecule is CCCCCC/C=C/CCCCCCC(SCCC)C(=O)Nc1c(OC)cc(OC)cc1OC. The predicted molar refractivity (Wildman–Crippen MR) is 147 cm³/mol. The number of rotatable bonds is 20. The number of carbonyl (C=O) groups excluding carboxylic acids is 1. The average molecular weight is 494 g/mol. The van der Waals surface area contributed by atoms with Crippen molar-refractivity contribution < 1.29 is 19.0 Å². The van der Waals surface area contributed by atoms with Crippen LogP contribution in [0.15, 0.2) is 24.3 Å². The van der Waals surface area contributed by atoms with Crippen LogP contribution < -0.4 is 19.5 Å². The Hall–Kier alpha value is -1.82. The van der Waals surface area contributed by atoms with E-state index in [1.165, 1.54) is 51.4 Å².